The topological polar surface area (TPSA) is 160 Å². The molecule has 1 amide bonds. The lowest BCUT2D eigenvalue weighted by molar-refractivity contribution is -0.142. The van der Waals surface area contributed by atoms with E-state index in [1.165, 1.54) is 0 Å². The van der Waals surface area contributed by atoms with E-state index >= 15 is 0 Å². The number of H-pyrrole nitrogens is 1. The SMILES string of the molecule is Nc1nc(C(F)(F)F)c(Br)nc1C(=O)Nc1n[nH]c(C(=O)O)n1. The Labute approximate surface area is 132 Å². The zero-order valence-corrected chi connectivity index (χ0v) is 12.2. The zero-order chi connectivity index (χ0) is 17.4. The molecule has 122 valence electrons. The number of aromatic nitrogens is 5. The van der Waals surface area contributed by atoms with Crippen LogP contribution in [0.25, 0.3) is 0 Å². The Morgan fingerprint density at radius 1 is 1.26 bits per heavy atom. The van der Waals surface area contributed by atoms with Gasteiger partial charge in [0, 0.05) is 0 Å². The number of amides is 1. The Bertz CT molecular complexity index is 791. The van der Waals surface area contributed by atoms with Crippen LogP contribution in [0, 0.1) is 0 Å². The Morgan fingerprint density at radius 3 is 2.43 bits per heavy atom. The summed E-state index contributed by atoms with van der Waals surface area (Å²) in [5.74, 6) is -4.24. The van der Waals surface area contributed by atoms with Crippen molar-refractivity contribution in [3.63, 3.8) is 0 Å². The first-order chi connectivity index (χ1) is 10.6. The fourth-order valence-corrected chi connectivity index (χ4v) is 1.84. The first-order valence-electron chi connectivity index (χ1n) is 5.47. The minimum atomic E-state index is -4.81. The van der Waals surface area contributed by atoms with E-state index in [2.05, 4.69) is 36.0 Å². The number of aromatic amines is 1. The molecule has 2 rings (SSSR count). The van der Waals surface area contributed by atoms with E-state index in [0.29, 0.717) is 0 Å². The van der Waals surface area contributed by atoms with Crippen molar-refractivity contribution in [3.8, 4) is 0 Å². The molecule has 14 heteroatoms. The second kappa shape index (κ2) is 5.79. The van der Waals surface area contributed by atoms with Gasteiger partial charge in [0.2, 0.25) is 11.8 Å². The molecule has 0 radical (unpaired) electrons. The monoisotopic (exact) mass is 395 g/mol. The van der Waals surface area contributed by atoms with E-state index in [4.69, 9.17) is 10.8 Å². The summed E-state index contributed by atoms with van der Waals surface area (Å²) in [5, 5.41) is 16.1. The summed E-state index contributed by atoms with van der Waals surface area (Å²) in [7, 11) is 0. The number of halogens is 4. The number of alkyl halides is 3. The van der Waals surface area contributed by atoms with Gasteiger partial charge in [0.05, 0.1) is 0 Å². The van der Waals surface area contributed by atoms with Gasteiger partial charge in [0.25, 0.3) is 5.91 Å². The van der Waals surface area contributed by atoms with Crippen molar-refractivity contribution >= 4 is 39.6 Å². The minimum absolute atomic E-state index is 0.426. The highest BCUT2D eigenvalue weighted by Crippen LogP contribution is 2.33. The number of hydrogen-bond acceptors (Lipinski definition) is 7. The van der Waals surface area contributed by atoms with Crippen molar-refractivity contribution in [3.05, 3.63) is 21.8 Å². The number of carbonyl (C=O) groups excluding carboxylic acids is 1. The summed E-state index contributed by atoms with van der Waals surface area (Å²) in [5.41, 5.74) is 3.29. The van der Waals surface area contributed by atoms with Crippen LogP contribution in [-0.4, -0.2) is 42.1 Å². The van der Waals surface area contributed by atoms with Crippen molar-refractivity contribution in [2.24, 2.45) is 0 Å². The number of aromatic carboxylic acids is 1. The Balaban J connectivity index is 2.29. The number of nitrogen functional groups attached to an aromatic ring is 1. The molecular weight excluding hydrogens is 391 g/mol. The fourth-order valence-electron chi connectivity index (χ4n) is 1.35. The second-order valence-corrected chi connectivity index (χ2v) is 4.61. The van der Waals surface area contributed by atoms with Gasteiger partial charge in [-0.1, -0.05) is 0 Å². The summed E-state index contributed by atoms with van der Waals surface area (Å²) in [6, 6.07) is 0. The molecular formula is C9H5BrF3N7O3. The van der Waals surface area contributed by atoms with Crippen LogP contribution in [0.4, 0.5) is 24.9 Å². The Hall–Kier alpha value is -2.77. The highest BCUT2D eigenvalue weighted by Gasteiger charge is 2.37. The maximum atomic E-state index is 12.6. The first kappa shape index (κ1) is 16.6. The Morgan fingerprint density at radius 2 is 1.91 bits per heavy atom. The number of carboxylic acids is 1. The van der Waals surface area contributed by atoms with Crippen LogP contribution in [0.2, 0.25) is 0 Å². The smallest absolute Gasteiger partial charge is 0.436 e. The first-order valence-corrected chi connectivity index (χ1v) is 6.26. The van der Waals surface area contributed by atoms with E-state index < -0.39 is 51.6 Å². The molecule has 2 aromatic rings. The molecule has 0 fully saturated rings. The average Bonchev–Trinajstić information content (AvgIpc) is 2.88. The molecule has 0 aromatic carbocycles. The summed E-state index contributed by atoms with van der Waals surface area (Å²) >= 11 is 2.55. The molecule has 0 atom stereocenters. The van der Waals surface area contributed by atoms with E-state index in [1.807, 2.05) is 10.4 Å². The van der Waals surface area contributed by atoms with Crippen molar-refractivity contribution in [1.29, 1.82) is 0 Å². The Kier molecular flexibility index (Phi) is 4.18. The molecule has 0 spiro atoms. The van der Waals surface area contributed by atoms with Crippen LogP contribution in [0.15, 0.2) is 4.60 Å². The standard InChI is InChI=1S/C9H5BrF3N7O3/c10-3-2(9(11,12)13)16-4(14)1(15-3)6(21)18-8-17-5(7(22)23)19-20-8/h(H2,14,16)(H,22,23)(H2,17,18,19,20,21). The van der Waals surface area contributed by atoms with Crippen LogP contribution in [0.3, 0.4) is 0 Å². The predicted molar refractivity (Wildman–Crippen MR) is 70.4 cm³/mol. The third kappa shape index (κ3) is 3.53. The number of nitrogens with one attached hydrogen (secondary N) is 2. The third-order valence-corrected chi connectivity index (χ3v) is 2.83. The van der Waals surface area contributed by atoms with Crippen LogP contribution < -0.4 is 11.1 Å². The zero-order valence-electron chi connectivity index (χ0n) is 10.6. The normalized spacial score (nSPS) is 11.3. The molecule has 0 saturated heterocycles. The third-order valence-electron chi connectivity index (χ3n) is 2.28. The lowest BCUT2D eigenvalue weighted by Gasteiger charge is -2.10. The number of anilines is 2. The number of rotatable bonds is 3. The largest absolute Gasteiger partial charge is 0.475 e. The summed E-state index contributed by atoms with van der Waals surface area (Å²) in [6.45, 7) is 0. The second-order valence-electron chi connectivity index (χ2n) is 3.86. The van der Waals surface area contributed by atoms with Crippen LogP contribution in [0.5, 0.6) is 0 Å². The van der Waals surface area contributed by atoms with Gasteiger partial charge in [0.15, 0.2) is 17.2 Å². The van der Waals surface area contributed by atoms with Crippen LogP contribution >= 0.6 is 15.9 Å². The quantitative estimate of drug-likeness (QED) is 0.596. The van der Waals surface area contributed by atoms with Crippen LogP contribution in [-0.2, 0) is 6.18 Å². The van der Waals surface area contributed by atoms with Gasteiger partial charge in [-0.3, -0.25) is 15.2 Å². The van der Waals surface area contributed by atoms with Crippen molar-refractivity contribution < 1.29 is 27.9 Å². The van der Waals surface area contributed by atoms with E-state index in [1.54, 1.807) is 0 Å². The highest BCUT2D eigenvalue weighted by atomic mass is 79.9. The van der Waals surface area contributed by atoms with Crippen molar-refractivity contribution in [1.82, 2.24) is 25.1 Å². The number of carbonyl (C=O) groups is 2. The number of hydrogen-bond donors (Lipinski definition) is 4. The van der Waals surface area contributed by atoms with Gasteiger partial charge >= 0.3 is 12.1 Å². The molecule has 2 heterocycles. The maximum absolute atomic E-state index is 12.6. The molecule has 0 aliphatic rings. The van der Waals surface area contributed by atoms with Crippen molar-refractivity contribution in [2.75, 3.05) is 11.1 Å². The van der Waals surface area contributed by atoms with E-state index in [0.717, 1.165) is 0 Å². The summed E-state index contributed by atoms with van der Waals surface area (Å²) in [6.07, 6.45) is -4.81. The van der Waals surface area contributed by atoms with E-state index in [9.17, 15) is 22.8 Å². The number of nitrogens with zero attached hydrogens (tertiary/aromatic N) is 4. The molecule has 0 saturated carbocycles. The molecule has 0 aliphatic heterocycles. The van der Waals surface area contributed by atoms with Gasteiger partial charge in [-0.25, -0.2) is 14.8 Å². The van der Waals surface area contributed by atoms with Gasteiger partial charge in [-0.05, 0) is 15.9 Å². The minimum Gasteiger partial charge on any atom is -0.475 e. The molecule has 10 nitrogen and oxygen atoms in total. The predicted octanol–water partition coefficient (Wildman–Crippen LogP) is 0.909. The number of carboxylic acid groups (broad SMARTS) is 1. The maximum Gasteiger partial charge on any atom is 0.436 e. The average molecular weight is 396 g/mol. The van der Waals surface area contributed by atoms with Gasteiger partial charge in [0.1, 0.15) is 4.60 Å². The molecule has 0 unspecified atom stereocenters. The summed E-state index contributed by atoms with van der Waals surface area (Å²) < 4.78 is 37.1. The molecule has 2 aromatic heterocycles. The molecule has 23 heavy (non-hydrogen) atoms. The van der Waals surface area contributed by atoms with Crippen LogP contribution in [0.1, 0.15) is 26.8 Å². The number of nitrogens with two attached hydrogens (primary N) is 1. The van der Waals surface area contributed by atoms with Gasteiger partial charge < -0.3 is 10.8 Å². The summed E-state index contributed by atoms with van der Waals surface area (Å²) in [4.78, 5) is 32.4. The molecule has 0 bridgehead atoms. The molecule has 0 aliphatic carbocycles. The molecule has 5 N–H and O–H groups in total. The van der Waals surface area contributed by atoms with E-state index in [-0.39, 0.29) is 0 Å². The van der Waals surface area contributed by atoms with Crippen molar-refractivity contribution in [2.45, 2.75) is 6.18 Å². The van der Waals surface area contributed by atoms with Gasteiger partial charge in [-0.15, -0.1) is 5.10 Å². The highest BCUT2D eigenvalue weighted by molar-refractivity contribution is 9.10. The lowest BCUT2D eigenvalue weighted by Crippen LogP contribution is -2.21. The van der Waals surface area contributed by atoms with Gasteiger partial charge in [-0.2, -0.15) is 18.2 Å². The lowest BCUT2D eigenvalue weighted by atomic mass is 10.3. The fraction of sp³-hybridized carbons (Fsp3) is 0.111.